The van der Waals surface area contributed by atoms with Gasteiger partial charge in [-0.05, 0) is 44.4 Å². The van der Waals surface area contributed by atoms with Crippen molar-refractivity contribution in [1.82, 2.24) is 5.32 Å². The molecule has 27 heavy (non-hydrogen) atoms. The van der Waals surface area contributed by atoms with Crippen LogP contribution in [0.4, 0.5) is 0 Å². The topological polar surface area (TPSA) is 106 Å². The van der Waals surface area contributed by atoms with Crippen LogP contribution in [-0.2, 0) is 16.0 Å². The maximum atomic E-state index is 12.1. The van der Waals surface area contributed by atoms with Gasteiger partial charge < -0.3 is 19.6 Å². The number of benzene rings is 1. The van der Waals surface area contributed by atoms with E-state index < -0.39 is 17.7 Å². The molecule has 7 nitrogen and oxygen atoms in total. The van der Waals surface area contributed by atoms with Crippen molar-refractivity contribution in [2.24, 2.45) is 0 Å². The highest BCUT2D eigenvalue weighted by molar-refractivity contribution is 5.85. The Morgan fingerprint density at radius 1 is 1.33 bits per heavy atom. The Hall–Kier alpha value is -2.83. The molecule has 0 aliphatic rings. The van der Waals surface area contributed by atoms with Gasteiger partial charge in [0.25, 0.3) is 5.91 Å². The second-order valence-corrected chi connectivity index (χ2v) is 6.45. The predicted molar refractivity (Wildman–Crippen MR) is 101 cm³/mol. The van der Waals surface area contributed by atoms with Gasteiger partial charge in [0.2, 0.25) is 0 Å². The highest BCUT2D eigenvalue weighted by Crippen LogP contribution is 2.29. The van der Waals surface area contributed by atoms with E-state index in [0.717, 1.165) is 23.8 Å². The molecule has 0 fully saturated rings. The Balaban J connectivity index is 2.14. The number of fused-ring (bicyclic) bond motifs is 1. The van der Waals surface area contributed by atoms with E-state index in [1.54, 1.807) is 19.9 Å². The number of aliphatic carboxylic acids is 1. The third-order valence-electron chi connectivity index (χ3n) is 4.26. The molecule has 2 aromatic rings. The number of carbonyl (C=O) groups excluding carboxylic acids is 1. The minimum Gasteiger partial charge on any atom is -0.481 e. The van der Waals surface area contributed by atoms with Gasteiger partial charge in [0.1, 0.15) is 11.3 Å². The van der Waals surface area contributed by atoms with Crippen LogP contribution in [0.15, 0.2) is 27.4 Å². The molecule has 0 saturated carbocycles. The molecule has 0 saturated heterocycles. The molecule has 1 heterocycles. The van der Waals surface area contributed by atoms with Crippen LogP contribution in [0.2, 0.25) is 0 Å². The van der Waals surface area contributed by atoms with Crippen LogP contribution < -0.4 is 15.7 Å². The van der Waals surface area contributed by atoms with Gasteiger partial charge >= 0.3 is 11.6 Å². The van der Waals surface area contributed by atoms with E-state index >= 15 is 0 Å². The zero-order chi connectivity index (χ0) is 20.0. The van der Waals surface area contributed by atoms with Gasteiger partial charge in [-0.25, -0.2) is 4.79 Å². The highest BCUT2D eigenvalue weighted by Gasteiger charge is 2.18. The predicted octanol–water partition coefficient (Wildman–Crippen LogP) is 2.80. The SMILES string of the molecule is CCCc1cc(=O)oc2c(C)c(O[C@H](C)C(=O)NCCCC(=O)O)ccc12. The van der Waals surface area contributed by atoms with Crippen molar-refractivity contribution in [2.45, 2.75) is 52.6 Å². The number of amides is 1. The summed E-state index contributed by atoms with van der Waals surface area (Å²) in [5.74, 6) is -0.766. The maximum Gasteiger partial charge on any atom is 0.336 e. The van der Waals surface area contributed by atoms with Crippen LogP contribution in [0.5, 0.6) is 5.75 Å². The van der Waals surface area contributed by atoms with Crippen molar-refractivity contribution in [3.05, 3.63) is 39.7 Å². The van der Waals surface area contributed by atoms with Crippen molar-refractivity contribution in [2.75, 3.05) is 6.54 Å². The van der Waals surface area contributed by atoms with Crippen LogP contribution in [0.3, 0.4) is 0 Å². The first-order chi connectivity index (χ1) is 12.8. The molecule has 2 rings (SSSR count). The average Bonchev–Trinajstić information content (AvgIpc) is 2.61. The Labute approximate surface area is 157 Å². The van der Waals surface area contributed by atoms with E-state index in [9.17, 15) is 14.4 Å². The number of carboxylic acid groups (broad SMARTS) is 1. The van der Waals surface area contributed by atoms with Crippen molar-refractivity contribution in [3.63, 3.8) is 0 Å². The Morgan fingerprint density at radius 3 is 2.74 bits per heavy atom. The summed E-state index contributed by atoms with van der Waals surface area (Å²) >= 11 is 0. The second kappa shape index (κ2) is 9.21. The van der Waals surface area contributed by atoms with Crippen LogP contribution in [0.1, 0.15) is 44.2 Å². The van der Waals surface area contributed by atoms with Crippen LogP contribution >= 0.6 is 0 Å². The molecule has 146 valence electrons. The molecule has 0 aliphatic carbocycles. The van der Waals surface area contributed by atoms with Crippen molar-refractivity contribution in [3.8, 4) is 5.75 Å². The van der Waals surface area contributed by atoms with E-state index in [2.05, 4.69) is 5.32 Å². The number of carboxylic acids is 1. The summed E-state index contributed by atoms with van der Waals surface area (Å²) in [5.41, 5.74) is 1.66. The lowest BCUT2D eigenvalue weighted by molar-refractivity contribution is -0.137. The number of aryl methyl sites for hydroxylation is 2. The fourth-order valence-corrected chi connectivity index (χ4v) is 2.85. The summed E-state index contributed by atoms with van der Waals surface area (Å²) in [5, 5.41) is 12.1. The van der Waals surface area contributed by atoms with Gasteiger partial charge in [-0.15, -0.1) is 0 Å². The van der Waals surface area contributed by atoms with Crippen LogP contribution in [-0.4, -0.2) is 29.6 Å². The number of nitrogens with one attached hydrogen (secondary N) is 1. The van der Waals surface area contributed by atoms with Gasteiger partial charge in [0, 0.05) is 30.0 Å². The maximum absolute atomic E-state index is 12.1. The summed E-state index contributed by atoms with van der Waals surface area (Å²) in [4.78, 5) is 34.4. The van der Waals surface area contributed by atoms with E-state index in [-0.39, 0.29) is 18.9 Å². The highest BCUT2D eigenvalue weighted by atomic mass is 16.5. The zero-order valence-corrected chi connectivity index (χ0v) is 15.8. The summed E-state index contributed by atoms with van der Waals surface area (Å²) in [6, 6.07) is 5.12. The fraction of sp³-hybridized carbons (Fsp3) is 0.450. The number of carbonyl (C=O) groups is 2. The molecule has 0 unspecified atom stereocenters. The molecular formula is C20H25NO6. The van der Waals surface area contributed by atoms with Gasteiger partial charge in [0.15, 0.2) is 6.10 Å². The first kappa shape index (κ1) is 20.5. The average molecular weight is 375 g/mol. The molecule has 1 atom stereocenters. The molecule has 0 spiro atoms. The Bertz CT molecular complexity index is 886. The van der Waals surface area contributed by atoms with Crippen molar-refractivity contribution >= 4 is 22.8 Å². The third-order valence-corrected chi connectivity index (χ3v) is 4.26. The fourth-order valence-electron chi connectivity index (χ4n) is 2.85. The minimum absolute atomic E-state index is 0.00156. The smallest absolute Gasteiger partial charge is 0.336 e. The largest absolute Gasteiger partial charge is 0.481 e. The molecule has 0 aliphatic heterocycles. The van der Waals surface area contributed by atoms with Gasteiger partial charge in [0.05, 0.1) is 0 Å². The molecule has 7 heteroatoms. The molecule has 0 bridgehead atoms. The Morgan fingerprint density at radius 2 is 2.07 bits per heavy atom. The lowest BCUT2D eigenvalue weighted by atomic mass is 10.0. The number of ether oxygens (including phenoxy) is 1. The summed E-state index contributed by atoms with van der Waals surface area (Å²) in [6.07, 6.45) is 1.27. The first-order valence-electron chi connectivity index (χ1n) is 9.06. The summed E-state index contributed by atoms with van der Waals surface area (Å²) < 4.78 is 11.1. The number of hydrogen-bond acceptors (Lipinski definition) is 5. The second-order valence-electron chi connectivity index (χ2n) is 6.45. The molecule has 1 aromatic heterocycles. The molecule has 1 aromatic carbocycles. The van der Waals surface area contributed by atoms with E-state index in [0.29, 0.717) is 23.3 Å². The molecule has 0 radical (unpaired) electrons. The van der Waals surface area contributed by atoms with Gasteiger partial charge in [-0.1, -0.05) is 13.3 Å². The van der Waals surface area contributed by atoms with Crippen molar-refractivity contribution in [1.29, 1.82) is 0 Å². The number of hydrogen-bond donors (Lipinski definition) is 2. The lowest BCUT2D eigenvalue weighted by Gasteiger charge is -2.17. The van der Waals surface area contributed by atoms with Gasteiger partial charge in [-0.2, -0.15) is 0 Å². The third kappa shape index (κ3) is 5.32. The molecular weight excluding hydrogens is 350 g/mol. The number of rotatable bonds is 9. The van der Waals surface area contributed by atoms with E-state index in [1.165, 1.54) is 6.07 Å². The normalized spacial score (nSPS) is 12.0. The standard InChI is InChI=1S/C20H25NO6/c1-4-6-14-11-18(24)27-19-12(2)16(9-8-15(14)19)26-13(3)20(25)21-10-5-7-17(22)23/h8-9,11,13H,4-7,10H2,1-3H3,(H,21,25)(H,22,23)/t13-/m1/s1. The summed E-state index contributed by atoms with van der Waals surface area (Å²) in [6.45, 7) is 5.71. The first-order valence-corrected chi connectivity index (χ1v) is 9.06. The van der Waals surface area contributed by atoms with E-state index in [4.69, 9.17) is 14.3 Å². The summed E-state index contributed by atoms with van der Waals surface area (Å²) in [7, 11) is 0. The minimum atomic E-state index is -0.899. The molecule has 2 N–H and O–H groups in total. The van der Waals surface area contributed by atoms with Gasteiger partial charge in [-0.3, -0.25) is 9.59 Å². The van der Waals surface area contributed by atoms with E-state index in [1.807, 2.05) is 13.0 Å². The zero-order valence-electron chi connectivity index (χ0n) is 15.8. The monoisotopic (exact) mass is 375 g/mol. The van der Waals surface area contributed by atoms with Crippen LogP contribution in [0.25, 0.3) is 11.0 Å². The quantitative estimate of drug-likeness (QED) is 0.516. The molecule has 1 amide bonds. The Kier molecular flexibility index (Phi) is 6.98. The van der Waals surface area contributed by atoms with Crippen molar-refractivity contribution < 1.29 is 23.8 Å². The lowest BCUT2D eigenvalue weighted by Crippen LogP contribution is -2.37. The van der Waals surface area contributed by atoms with Crippen LogP contribution in [0, 0.1) is 6.92 Å².